The lowest BCUT2D eigenvalue weighted by molar-refractivity contribution is 1.10. The molecule has 0 fully saturated rings. The fourth-order valence-electron chi connectivity index (χ4n) is 7.06. The number of aromatic nitrogens is 7. The Morgan fingerprint density at radius 3 is 1.71 bits per heavy atom. The highest BCUT2D eigenvalue weighted by Gasteiger charge is 2.22. The van der Waals surface area contributed by atoms with E-state index in [1.165, 1.54) is 0 Å². The molecule has 0 spiro atoms. The minimum Gasteiger partial charge on any atom is -0.290 e. The van der Waals surface area contributed by atoms with Crippen LogP contribution in [0.2, 0.25) is 0 Å². The minimum atomic E-state index is 0.674. The molecule has 0 bridgehead atoms. The van der Waals surface area contributed by atoms with Crippen LogP contribution in [0.15, 0.2) is 176 Å². The second kappa shape index (κ2) is 12.3. The molecule has 0 aliphatic rings. The lowest BCUT2D eigenvalue weighted by atomic mass is 9.99. The summed E-state index contributed by atoms with van der Waals surface area (Å²) in [4.78, 5) is 24.7. The highest BCUT2D eigenvalue weighted by Crippen LogP contribution is 2.38. The van der Waals surface area contributed by atoms with Crippen molar-refractivity contribution in [2.75, 3.05) is 0 Å². The lowest BCUT2D eigenvalue weighted by Gasteiger charge is -2.13. The number of nitrogens with zero attached hydrogens (tertiary/aromatic N) is 7. The molecule has 7 heteroatoms. The summed E-state index contributed by atoms with van der Waals surface area (Å²) in [6, 6.07) is 54.1. The number of pyridine rings is 2. The molecule has 0 atom stereocenters. The van der Waals surface area contributed by atoms with Crippen LogP contribution < -0.4 is 0 Å². The summed E-state index contributed by atoms with van der Waals surface area (Å²) in [6.45, 7) is 0. The highest BCUT2D eigenvalue weighted by molar-refractivity contribution is 6.07. The van der Waals surface area contributed by atoms with E-state index >= 15 is 0 Å². The normalized spacial score (nSPS) is 11.5. The Morgan fingerprint density at radius 1 is 0.404 bits per heavy atom. The average molecular weight is 668 g/mol. The van der Waals surface area contributed by atoms with Gasteiger partial charge in [0.2, 0.25) is 5.78 Å². The molecule has 0 aliphatic carbocycles. The third-order valence-electron chi connectivity index (χ3n) is 9.49. The van der Waals surface area contributed by atoms with Gasteiger partial charge in [-0.05, 0) is 41.5 Å². The van der Waals surface area contributed by atoms with Crippen molar-refractivity contribution in [1.29, 1.82) is 0 Å². The van der Waals surface area contributed by atoms with Crippen LogP contribution in [0.3, 0.4) is 0 Å². The van der Waals surface area contributed by atoms with Crippen molar-refractivity contribution in [3.05, 3.63) is 176 Å². The minimum absolute atomic E-state index is 0.674. The molecule has 0 saturated carbocycles. The zero-order valence-electron chi connectivity index (χ0n) is 27.9. The summed E-state index contributed by atoms with van der Waals surface area (Å²) in [5.74, 6) is 1.50. The Balaban J connectivity index is 1.08. The van der Waals surface area contributed by atoms with E-state index in [1.54, 1.807) is 12.4 Å². The molecule has 7 nitrogen and oxygen atoms in total. The van der Waals surface area contributed by atoms with Crippen LogP contribution in [-0.4, -0.2) is 33.9 Å². The van der Waals surface area contributed by atoms with Crippen LogP contribution in [0.1, 0.15) is 0 Å². The molecule has 0 radical (unpaired) electrons. The predicted octanol–water partition coefficient (Wildman–Crippen LogP) is 10.3. The van der Waals surface area contributed by atoms with Crippen LogP contribution in [0.5, 0.6) is 0 Å². The van der Waals surface area contributed by atoms with Gasteiger partial charge in [0.25, 0.3) is 0 Å². The van der Waals surface area contributed by atoms with Crippen molar-refractivity contribution < 1.29 is 0 Å². The smallest absolute Gasteiger partial charge is 0.234 e. The molecule has 0 unspecified atom stereocenters. The van der Waals surface area contributed by atoms with Gasteiger partial charge in [0.05, 0.1) is 22.6 Å². The van der Waals surface area contributed by atoms with E-state index in [9.17, 15) is 0 Å². The van der Waals surface area contributed by atoms with Crippen molar-refractivity contribution in [3.63, 3.8) is 0 Å². The van der Waals surface area contributed by atoms with Gasteiger partial charge in [-0.15, -0.1) is 0 Å². The summed E-state index contributed by atoms with van der Waals surface area (Å²) in [6.07, 6.45) is 5.60. The third kappa shape index (κ3) is 4.95. The topological polar surface area (TPSA) is 73.8 Å². The lowest BCUT2D eigenvalue weighted by Crippen LogP contribution is -2.00. The number of rotatable bonds is 6. The van der Waals surface area contributed by atoms with Crippen molar-refractivity contribution in [2.24, 2.45) is 0 Å². The third-order valence-corrected chi connectivity index (χ3v) is 9.49. The summed E-state index contributed by atoms with van der Waals surface area (Å²) in [5, 5.41) is 0. The molecular weight excluding hydrogens is 639 g/mol. The zero-order valence-corrected chi connectivity index (χ0v) is 27.9. The van der Waals surface area contributed by atoms with Crippen molar-refractivity contribution in [2.45, 2.75) is 0 Å². The van der Waals surface area contributed by atoms with Crippen LogP contribution in [0.4, 0.5) is 0 Å². The van der Waals surface area contributed by atoms with Gasteiger partial charge < -0.3 is 0 Å². The fourth-order valence-corrected chi connectivity index (χ4v) is 7.06. The van der Waals surface area contributed by atoms with Gasteiger partial charge in [0.15, 0.2) is 0 Å². The Morgan fingerprint density at radius 2 is 1.00 bits per heavy atom. The van der Waals surface area contributed by atoms with Crippen LogP contribution in [-0.2, 0) is 0 Å². The molecule has 52 heavy (non-hydrogen) atoms. The summed E-state index contributed by atoms with van der Waals surface area (Å²) in [7, 11) is 0. The summed E-state index contributed by atoms with van der Waals surface area (Å²) in [5.41, 5.74) is 13.5. The zero-order chi connectivity index (χ0) is 34.4. The number of hydrogen-bond donors (Lipinski definition) is 0. The number of benzene rings is 5. The SMILES string of the molecule is c1ccc(-c2nc3cccnc3c3nc(-c4ccc(-c5ccc(-c6nc7ncccn7c6-c6ccccc6)cc5)cc4)n(-c4ccccc4)c23)cc1. The highest BCUT2D eigenvalue weighted by atomic mass is 15.1. The van der Waals surface area contributed by atoms with E-state index in [-0.39, 0.29) is 0 Å². The Labute approximate surface area is 299 Å². The van der Waals surface area contributed by atoms with Crippen LogP contribution in [0.25, 0.3) is 89.8 Å². The average Bonchev–Trinajstić information content (AvgIpc) is 3.82. The molecule has 0 amide bonds. The molecule has 0 N–H and O–H groups in total. The summed E-state index contributed by atoms with van der Waals surface area (Å²) >= 11 is 0. The van der Waals surface area contributed by atoms with E-state index in [0.717, 1.165) is 84.0 Å². The molecule has 10 aromatic rings. The molecule has 5 aromatic heterocycles. The van der Waals surface area contributed by atoms with Gasteiger partial charge >= 0.3 is 0 Å². The quantitative estimate of drug-likeness (QED) is 0.176. The monoisotopic (exact) mass is 667 g/mol. The van der Waals surface area contributed by atoms with Gasteiger partial charge in [-0.25, -0.2) is 19.9 Å². The van der Waals surface area contributed by atoms with Gasteiger partial charge in [0.1, 0.15) is 22.4 Å². The van der Waals surface area contributed by atoms with Gasteiger partial charge in [-0.1, -0.05) is 127 Å². The number of para-hydroxylation sites is 1. The van der Waals surface area contributed by atoms with Gasteiger partial charge in [0, 0.05) is 46.5 Å². The molecule has 5 aromatic carbocycles. The van der Waals surface area contributed by atoms with E-state index in [0.29, 0.717) is 5.78 Å². The number of fused-ring (bicyclic) bond motifs is 4. The number of imidazole rings is 2. The number of hydrogen-bond acceptors (Lipinski definition) is 5. The first-order chi connectivity index (χ1) is 25.8. The van der Waals surface area contributed by atoms with Gasteiger partial charge in [-0.3, -0.25) is 14.0 Å². The maximum Gasteiger partial charge on any atom is 0.234 e. The van der Waals surface area contributed by atoms with Crippen molar-refractivity contribution >= 4 is 27.8 Å². The Hall–Kier alpha value is -7.25. The van der Waals surface area contributed by atoms with E-state index in [1.807, 2.05) is 54.7 Å². The largest absolute Gasteiger partial charge is 0.290 e. The molecule has 10 rings (SSSR count). The molecule has 5 heterocycles. The van der Waals surface area contributed by atoms with E-state index in [2.05, 4.69) is 123 Å². The summed E-state index contributed by atoms with van der Waals surface area (Å²) < 4.78 is 4.27. The Bertz CT molecular complexity index is 2860. The van der Waals surface area contributed by atoms with E-state index < -0.39 is 0 Å². The first-order valence-electron chi connectivity index (χ1n) is 17.2. The first kappa shape index (κ1) is 29.6. The second-order valence-electron chi connectivity index (χ2n) is 12.6. The van der Waals surface area contributed by atoms with Crippen LogP contribution >= 0.6 is 0 Å². The maximum absolute atomic E-state index is 5.32. The molecule has 244 valence electrons. The van der Waals surface area contributed by atoms with E-state index in [4.69, 9.17) is 19.9 Å². The Kier molecular flexibility index (Phi) is 6.99. The molecule has 0 saturated heterocycles. The van der Waals surface area contributed by atoms with Crippen molar-refractivity contribution in [3.8, 4) is 62.0 Å². The predicted molar refractivity (Wildman–Crippen MR) is 208 cm³/mol. The van der Waals surface area contributed by atoms with Gasteiger partial charge in [-0.2, -0.15) is 0 Å². The second-order valence-corrected chi connectivity index (χ2v) is 12.6. The van der Waals surface area contributed by atoms with Crippen LogP contribution in [0, 0.1) is 0 Å². The molecular formula is C45H29N7. The fraction of sp³-hybridized carbons (Fsp3) is 0. The molecule has 0 aliphatic heterocycles. The standard InChI is InChI=1S/C45H29N7/c1-4-12-32(13-5-1)39-43-41(40-37(48-39)18-10-27-46-40)49-44(52(43)36-16-8-3-9-17-36)35-25-21-31(22-26-35)30-19-23-33(24-20-30)38-42(34-14-6-2-7-15-34)51-29-11-28-47-45(51)50-38/h1-29H. The van der Waals surface area contributed by atoms with Crippen molar-refractivity contribution in [1.82, 2.24) is 33.9 Å². The maximum atomic E-state index is 5.32. The first-order valence-corrected chi connectivity index (χ1v) is 17.2.